The molecule has 0 radical (unpaired) electrons. The Labute approximate surface area is 351 Å². The molecule has 2 bridgehead atoms. The lowest BCUT2D eigenvalue weighted by Crippen LogP contribution is -2.64. The van der Waals surface area contributed by atoms with E-state index in [2.05, 4.69) is 64.7 Å². The van der Waals surface area contributed by atoms with Crippen molar-refractivity contribution in [3.05, 3.63) is 131 Å². The van der Waals surface area contributed by atoms with Gasteiger partial charge in [0.05, 0.1) is 17.8 Å². The summed E-state index contributed by atoms with van der Waals surface area (Å²) in [5, 5.41) is 70.0. The van der Waals surface area contributed by atoms with Gasteiger partial charge in [0.25, 0.3) is 0 Å². The molecule has 9 heteroatoms. The number of aryl methyl sites for hydroxylation is 2. The monoisotopic (exact) mass is 807 g/mol. The zero-order chi connectivity index (χ0) is 41.6. The van der Waals surface area contributed by atoms with Crippen molar-refractivity contribution in [2.24, 2.45) is 29.1 Å². The SMILES string of the molecule is CCCCCc1cc(CCc2c(O)c(O)c3c(O)cccc3c2C=Cc2ccc(O)c(O)c2)ccc1CNCC1(c2cnc[nH]2)CC2C=CC3CCC4C=CC(O)C1C34C2. The highest BCUT2D eigenvalue weighted by atomic mass is 16.3. The molecule has 312 valence electrons. The van der Waals surface area contributed by atoms with Crippen molar-refractivity contribution in [3.8, 4) is 28.7 Å². The molecule has 1 aromatic heterocycles. The van der Waals surface area contributed by atoms with E-state index in [9.17, 15) is 30.6 Å². The summed E-state index contributed by atoms with van der Waals surface area (Å²) in [5.41, 5.74) is 6.36. The van der Waals surface area contributed by atoms with Crippen molar-refractivity contribution in [2.75, 3.05) is 6.54 Å². The predicted octanol–water partition coefficient (Wildman–Crippen LogP) is 9.35. The fraction of sp³-hybridized carbons (Fsp3) is 0.392. The quantitative estimate of drug-likeness (QED) is 0.0238. The van der Waals surface area contributed by atoms with Crippen LogP contribution in [0.4, 0.5) is 0 Å². The molecule has 5 aromatic rings. The Kier molecular flexibility index (Phi) is 10.8. The number of unbranched alkanes of at least 4 members (excludes halogenated alkanes) is 2. The molecule has 9 nitrogen and oxygen atoms in total. The number of phenols is 5. The first kappa shape index (κ1) is 39.9. The van der Waals surface area contributed by atoms with Crippen molar-refractivity contribution in [3.63, 3.8) is 0 Å². The van der Waals surface area contributed by atoms with E-state index < -0.39 is 6.10 Å². The standard InChI is InChI=1S/C51H57N3O6/c1-2-3-4-6-34-23-31(12-20-40-38(19-11-32-13-21-41(55)44(58)24-32)39-7-5-8-42(56)46(39)48(60)47(40)59)9-14-35(34)27-52-29-50(45-28-53-30-54-45)25-33-10-15-36-16-17-37-18-22-43(57)49(50)51(36,37)26-33/h5,7-11,13-15,18-19,21-24,28,30,33,36-37,43,49,52,55-60H,2-4,6,12,16-17,20,25-27,29H2,1H3,(H,53,54). The number of aromatic nitrogens is 2. The number of hydrogen-bond donors (Lipinski definition) is 8. The number of rotatable bonds is 14. The first-order valence-corrected chi connectivity index (χ1v) is 21.9. The van der Waals surface area contributed by atoms with Crippen LogP contribution in [0.3, 0.4) is 0 Å². The minimum Gasteiger partial charge on any atom is -0.507 e. The maximum absolute atomic E-state index is 11.9. The minimum absolute atomic E-state index is 0.0480. The fourth-order valence-electron chi connectivity index (χ4n) is 12.1. The Bertz CT molecular complexity index is 2460. The summed E-state index contributed by atoms with van der Waals surface area (Å²) in [6.45, 7) is 3.64. The van der Waals surface area contributed by atoms with E-state index in [4.69, 9.17) is 0 Å². The van der Waals surface area contributed by atoms with Gasteiger partial charge in [0, 0.05) is 41.9 Å². The van der Waals surface area contributed by atoms with Crippen molar-refractivity contribution in [1.82, 2.24) is 15.3 Å². The van der Waals surface area contributed by atoms with Crippen molar-refractivity contribution < 1.29 is 30.6 Å². The van der Waals surface area contributed by atoms with E-state index in [0.29, 0.717) is 59.2 Å². The smallest absolute Gasteiger partial charge is 0.169 e. The molecule has 4 aromatic carbocycles. The van der Waals surface area contributed by atoms with Gasteiger partial charge < -0.3 is 40.9 Å². The lowest BCUT2D eigenvalue weighted by atomic mass is 9.42. The number of fused-ring (bicyclic) bond motifs is 2. The number of nitrogens with zero attached hydrogens (tertiary/aromatic N) is 1. The third-order valence-corrected chi connectivity index (χ3v) is 14.7. The maximum Gasteiger partial charge on any atom is 0.169 e. The molecule has 2 saturated carbocycles. The Hall–Kier alpha value is -5.51. The van der Waals surface area contributed by atoms with Crippen LogP contribution in [0.2, 0.25) is 0 Å². The Morgan fingerprint density at radius 3 is 2.42 bits per heavy atom. The second kappa shape index (κ2) is 16.2. The van der Waals surface area contributed by atoms with Gasteiger partial charge in [-0.1, -0.05) is 92.6 Å². The summed E-state index contributed by atoms with van der Waals surface area (Å²) in [6, 6.07) is 16.2. The van der Waals surface area contributed by atoms with Gasteiger partial charge in [-0.2, -0.15) is 0 Å². The van der Waals surface area contributed by atoms with E-state index in [1.54, 1.807) is 24.5 Å². The molecule has 2 fully saturated rings. The van der Waals surface area contributed by atoms with E-state index in [1.165, 1.54) is 42.2 Å². The van der Waals surface area contributed by atoms with Crippen LogP contribution in [0.15, 0.2) is 91.4 Å². The molecule has 1 heterocycles. The van der Waals surface area contributed by atoms with Gasteiger partial charge in [-0.3, -0.25) is 0 Å². The van der Waals surface area contributed by atoms with Crippen LogP contribution in [0.1, 0.15) is 90.9 Å². The molecule has 8 N–H and O–H groups in total. The van der Waals surface area contributed by atoms with Gasteiger partial charge in [0.15, 0.2) is 23.0 Å². The predicted molar refractivity (Wildman–Crippen MR) is 236 cm³/mol. The number of imidazole rings is 1. The number of benzene rings is 4. The average molecular weight is 808 g/mol. The van der Waals surface area contributed by atoms with Crippen LogP contribution in [-0.2, 0) is 31.2 Å². The van der Waals surface area contributed by atoms with Crippen LogP contribution in [0.25, 0.3) is 22.9 Å². The molecular weight excluding hydrogens is 751 g/mol. The number of aliphatic hydroxyl groups is 1. The van der Waals surface area contributed by atoms with Gasteiger partial charge in [-0.25, -0.2) is 4.98 Å². The van der Waals surface area contributed by atoms with E-state index >= 15 is 0 Å². The van der Waals surface area contributed by atoms with Crippen LogP contribution < -0.4 is 5.32 Å². The molecule has 60 heavy (non-hydrogen) atoms. The van der Waals surface area contributed by atoms with Crippen LogP contribution >= 0.6 is 0 Å². The molecule has 1 spiro atoms. The van der Waals surface area contributed by atoms with Gasteiger partial charge in [-0.15, -0.1) is 0 Å². The zero-order valence-electron chi connectivity index (χ0n) is 34.3. The lowest BCUT2D eigenvalue weighted by Gasteiger charge is -2.63. The number of allylic oxidation sites excluding steroid dienone is 3. The largest absolute Gasteiger partial charge is 0.507 e. The van der Waals surface area contributed by atoms with E-state index in [1.807, 2.05) is 18.3 Å². The fourth-order valence-corrected chi connectivity index (χ4v) is 12.1. The highest BCUT2D eigenvalue weighted by Crippen LogP contribution is 2.69. The normalized spacial score (nSPS) is 26.6. The van der Waals surface area contributed by atoms with Crippen molar-refractivity contribution >= 4 is 22.9 Å². The molecule has 9 rings (SSSR count). The number of nitrogens with one attached hydrogen (secondary N) is 2. The van der Waals surface area contributed by atoms with Crippen LogP contribution in [0.5, 0.6) is 28.7 Å². The summed E-state index contributed by atoms with van der Waals surface area (Å²) < 4.78 is 0. The summed E-state index contributed by atoms with van der Waals surface area (Å²) in [6.07, 6.45) is 26.0. The maximum atomic E-state index is 11.9. The van der Waals surface area contributed by atoms with Crippen molar-refractivity contribution in [2.45, 2.75) is 89.2 Å². The van der Waals surface area contributed by atoms with Crippen LogP contribution in [-0.4, -0.2) is 53.3 Å². The Morgan fingerprint density at radius 1 is 0.800 bits per heavy atom. The third kappa shape index (κ3) is 6.85. The second-order valence-electron chi connectivity index (χ2n) is 18.0. The number of phenolic OH excluding ortho intramolecular Hbond substituents is 5. The second-order valence-corrected chi connectivity index (χ2v) is 18.0. The van der Waals surface area contributed by atoms with Crippen molar-refractivity contribution in [1.29, 1.82) is 0 Å². The number of hydrogen-bond acceptors (Lipinski definition) is 8. The molecule has 0 aliphatic heterocycles. The van der Waals surface area contributed by atoms with E-state index in [0.717, 1.165) is 56.3 Å². The van der Waals surface area contributed by atoms with E-state index in [-0.39, 0.29) is 50.9 Å². The highest BCUT2D eigenvalue weighted by Gasteiger charge is 2.67. The number of H-pyrrole nitrogens is 1. The molecule has 0 saturated heterocycles. The van der Waals surface area contributed by atoms with Gasteiger partial charge in [-0.05, 0) is 126 Å². The topological polar surface area (TPSA) is 162 Å². The summed E-state index contributed by atoms with van der Waals surface area (Å²) in [7, 11) is 0. The molecule has 7 unspecified atom stereocenters. The lowest BCUT2D eigenvalue weighted by molar-refractivity contribution is -0.105. The summed E-state index contributed by atoms with van der Waals surface area (Å²) in [5.74, 6) is 0.269. The molecule has 4 aliphatic carbocycles. The molecular formula is C51H57N3O6. The van der Waals surface area contributed by atoms with Gasteiger partial charge >= 0.3 is 0 Å². The average Bonchev–Trinajstić information content (AvgIpc) is 3.92. The summed E-state index contributed by atoms with van der Waals surface area (Å²) >= 11 is 0. The Morgan fingerprint density at radius 2 is 1.63 bits per heavy atom. The number of aromatic hydroxyl groups is 5. The van der Waals surface area contributed by atoms with Crippen LogP contribution in [0, 0.1) is 29.1 Å². The summed E-state index contributed by atoms with van der Waals surface area (Å²) in [4.78, 5) is 8.05. The number of aliphatic hydroxyl groups excluding tert-OH is 1. The van der Waals surface area contributed by atoms with Gasteiger partial charge in [0.2, 0.25) is 0 Å². The highest BCUT2D eigenvalue weighted by molar-refractivity contribution is 6.03. The molecule has 4 aliphatic rings. The van der Waals surface area contributed by atoms with Gasteiger partial charge in [0.1, 0.15) is 5.75 Å². The number of aromatic amines is 1. The first-order chi connectivity index (χ1) is 29.1. The zero-order valence-corrected chi connectivity index (χ0v) is 34.3. The Balaban J connectivity index is 0.999. The minimum atomic E-state index is -0.518. The molecule has 0 amide bonds. The molecule has 7 atom stereocenters. The first-order valence-electron chi connectivity index (χ1n) is 21.9. The third-order valence-electron chi connectivity index (χ3n) is 14.7.